The lowest BCUT2D eigenvalue weighted by Gasteiger charge is -2.35. The van der Waals surface area contributed by atoms with Gasteiger partial charge in [-0.05, 0) is 81.7 Å². The molecular formula is C32H41NO5. The lowest BCUT2D eigenvalue weighted by Crippen LogP contribution is -2.35. The van der Waals surface area contributed by atoms with E-state index in [1.165, 1.54) is 4.90 Å². The summed E-state index contributed by atoms with van der Waals surface area (Å²) in [5, 5.41) is 0. The summed E-state index contributed by atoms with van der Waals surface area (Å²) < 4.78 is 16.5. The van der Waals surface area contributed by atoms with Crippen LogP contribution in [0.5, 0.6) is 5.75 Å². The van der Waals surface area contributed by atoms with E-state index in [1.807, 2.05) is 69.3 Å². The molecule has 1 fully saturated rings. The molecule has 0 saturated carbocycles. The first-order chi connectivity index (χ1) is 18.2. The number of nitrogens with zero attached hydrogens (tertiary/aromatic N) is 1. The number of esters is 1. The van der Waals surface area contributed by atoms with Crippen LogP contribution in [-0.4, -0.2) is 31.4 Å². The number of carbonyl (C=O) groups is 2. The molecule has 1 amide bonds. The van der Waals surface area contributed by atoms with Crippen molar-refractivity contribution in [2.45, 2.75) is 64.9 Å². The third kappa shape index (κ3) is 8.51. The van der Waals surface area contributed by atoms with E-state index in [-0.39, 0.29) is 23.7 Å². The molecule has 0 N–H and O–H groups in total. The number of anilines is 1. The van der Waals surface area contributed by atoms with Gasteiger partial charge in [-0.3, -0.25) is 9.69 Å². The SMILES string of the molecule is CC/C=C/CC[C@H]1COC(=O)C[C@@H]1[C@H](/C=C\N(C(=O)OC(C)(C)C)c1ccc(OC)cc1)c1ccccc1. The molecule has 1 aliphatic rings. The van der Waals surface area contributed by atoms with Crippen molar-refractivity contribution in [2.24, 2.45) is 11.8 Å². The molecule has 6 heteroatoms. The first-order valence-electron chi connectivity index (χ1n) is 13.4. The number of hydrogen-bond donors (Lipinski definition) is 0. The van der Waals surface area contributed by atoms with Gasteiger partial charge in [0.25, 0.3) is 0 Å². The molecule has 1 heterocycles. The number of amides is 1. The van der Waals surface area contributed by atoms with E-state index in [0.717, 1.165) is 24.8 Å². The molecule has 0 aliphatic carbocycles. The van der Waals surface area contributed by atoms with Crippen LogP contribution in [0.1, 0.15) is 64.9 Å². The fourth-order valence-corrected chi connectivity index (χ4v) is 4.72. The lowest BCUT2D eigenvalue weighted by atomic mass is 9.73. The second-order valence-corrected chi connectivity index (χ2v) is 10.6. The minimum atomic E-state index is -0.654. The van der Waals surface area contributed by atoms with Gasteiger partial charge in [0.2, 0.25) is 0 Å². The van der Waals surface area contributed by atoms with Crippen LogP contribution in [-0.2, 0) is 14.3 Å². The lowest BCUT2D eigenvalue weighted by molar-refractivity contribution is -0.153. The summed E-state index contributed by atoms with van der Waals surface area (Å²) in [5.74, 6) is 0.683. The first-order valence-corrected chi connectivity index (χ1v) is 13.4. The molecule has 0 spiro atoms. The number of allylic oxidation sites excluding steroid dienone is 3. The van der Waals surface area contributed by atoms with E-state index in [0.29, 0.717) is 24.5 Å². The van der Waals surface area contributed by atoms with Gasteiger partial charge < -0.3 is 14.2 Å². The Morgan fingerprint density at radius 3 is 2.45 bits per heavy atom. The van der Waals surface area contributed by atoms with Crippen LogP contribution in [0.3, 0.4) is 0 Å². The van der Waals surface area contributed by atoms with Crippen molar-refractivity contribution in [2.75, 3.05) is 18.6 Å². The Morgan fingerprint density at radius 1 is 1.11 bits per heavy atom. The molecule has 38 heavy (non-hydrogen) atoms. The Labute approximate surface area is 227 Å². The second-order valence-electron chi connectivity index (χ2n) is 10.6. The third-order valence-electron chi connectivity index (χ3n) is 6.60. The number of ether oxygens (including phenoxy) is 3. The quantitative estimate of drug-likeness (QED) is 0.238. The van der Waals surface area contributed by atoms with E-state index in [4.69, 9.17) is 14.2 Å². The maximum absolute atomic E-state index is 13.3. The zero-order valence-electron chi connectivity index (χ0n) is 23.3. The van der Waals surface area contributed by atoms with Gasteiger partial charge in [0.15, 0.2) is 0 Å². The number of hydrogen-bond acceptors (Lipinski definition) is 5. The maximum Gasteiger partial charge on any atom is 0.418 e. The Bertz CT molecular complexity index is 1090. The second kappa shape index (κ2) is 13.8. The van der Waals surface area contributed by atoms with Gasteiger partial charge in [0, 0.05) is 18.5 Å². The van der Waals surface area contributed by atoms with Crippen LogP contribution in [0.4, 0.5) is 10.5 Å². The highest BCUT2D eigenvalue weighted by atomic mass is 16.6. The minimum absolute atomic E-state index is 0.0429. The largest absolute Gasteiger partial charge is 0.497 e. The van der Waals surface area contributed by atoms with Gasteiger partial charge in [0.1, 0.15) is 11.4 Å². The highest BCUT2D eigenvalue weighted by Gasteiger charge is 2.36. The van der Waals surface area contributed by atoms with Gasteiger partial charge >= 0.3 is 12.1 Å². The maximum atomic E-state index is 13.3. The van der Waals surface area contributed by atoms with Crippen LogP contribution < -0.4 is 9.64 Å². The molecule has 0 unspecified atom stereocenters. The summed E-state index contributed by atoms with van der Waals surface area (Å²) in [6.07, 6.45) is 10.9. The summed E-state index contributed by atoms with van der Waals surface area (Å²) in [6.45, 7) is 8.07. The summed E-state index contributed by atoms with van der Waals surface area (Å²) in [4.78, 5) is 27.3. The van der Waals surface area contributed by atoms with Gasteiger partial charge in [-0.1, -0.05) is 55.5 Å². The zero-order valence-corrected chi connectivity index (χ0v) is 23.3. The molecule has 0 radical (unpaired) electrons. The average Bonchev–Trinajstić information content (AvgIpc) is 2.89. The number of carbonyl (C=O) groups excluding carboxylic acids is 2. The summed E-state index contributed by atoms with van der Waals surface area (Å²) in [5.41, 5.74) is 1.10. The van der Waals surface area contributed by atoms with Crippen molar-refractivity contribution in [1.29, 1.82) is 0 Å². The van der Waals surface area contributed by atoms with Gasteiger partial charge in [0.05, 0.1) is 19.4 Å². The number of cyclic esters (lactones) is 1. The topological polar surface area (TPSA) is 65.1 Å². The molecule has 1 aliphatic heterocycles. The smallest absolute Gasteiger partial charge is 0.418 e. The van der Waals surface area contributed by atoms with Crippen molar-refractivity contribution in [3.8, 4) is 5.75 Å². The molecule has 3 rings (SSSR count). The van der Waals surface area contributed by atoms with Crippen molar-refractivity contribution in [3.05, 3.63) is 84.6 Å². The number of benzene rings is 2. The van der Waals surface area contributed by atoms with Crippen molar-refractivity contribution >= 4 is 17.7 Å². The van der Waals surface area contributed by atoms with Crippen molar-refractivity contribution in [3.63, 3.8) is 0 Å². The Hall–Kier alpha value is -3.54. The highest BCUT2D eigenvalue weighted by molar-refractivity contribution is 5.90. The summed E-state index contributed by atoms with van der Waals surface area (Å²) >= 11 is 0. The van der Waals surface area contributed by atoms with Crippen molar-refractivity contribution in [1.82, 2.24) is 0 Å². The minimum Gasteiger partial charge on any atom is -0.497 e. The van der Waals surface area contributed by atoms with Gasteiger partial charge in [-0.2, -0.15) is 0 Å². The van der Waals surface area contributed by atoms with E-state index in [1.54, 1.807) is 13.3 Å². The molecule has 0 aromatic heterocycles. The van der Waals surface area contributed by atoms with E-state index >= 15 is 0 Å². The normalized spacial score (nSPS) is 18.8. The third-order valence-corrected chi connectivity index (χ3v) is 6.60. The Kier molecular flexibility index (Phi) is 10.6. The Morgan fingerprint density at radius 2 is 1.82 bits per heavy atom. The number of methoxy groups -OCH3 is 1. The Balaban J connectivity index is 1.98. The molecule has 0 bridgehead atoms. The van der Waals surface area contributed by atoms with E-state index < -0.39 is 11.7 Å². The fourth-order valence-electron chi connectivity index (χ4n) is 4.72. The van der Waals surface area contributed by atoms with E-state index in [9.17, 15) is 9.59 Å². The molecule has 3 atom stereocenters. The number of rotatable bonds is 10. The zero-order chi connectivity index (χ0) is 27.5. The van der Waals surface area contributed by atoms with Crippen molar-refractivity contribution < 1.29 is 23.8 Å². The molecule has 2 aromatic rings. The fraction of sp³-hybridized carbons (Fsp3) is 0.438. The monoisotopic (exact) mass is 519 g/mol. The highest BCUT2D eigenvalue weighted by Crippen LogP contribution is 2.39. The molecular weight excluding hydrogens is 478 g/mol. The first kappa shape index (κ1) is 29.0. The predicted molar refractivity (Wildman–Crippen MR) is 151 cm³/mol. The molecule has 2 aromatic carbocycles. The van der Waals surface area contributed by atoms with Gasteiger partial charge in [-0.15, -0.1) is 0 Å². The standard InChI is InChI=1S/C32H41NO5/c1-6-7-8-10-15-25-23-37-30(34)22-29(25)28(24-13-11-9-12-14-24)20-21-33(31(35)38-32(2,3)4)26-16-18-27(36-5)19-17-26/h7-9,11-14,16-21,25,28-29H,6,10,15,22-23H2,1-5H3/b8-7+,21-20-/t25-,28+,29-/m0/s1. The molecule has 6 nitrogen and oxygen atoms in total. The summed E-state index contributed by atoms with van der Waals surface area (Å²) in [7, 11) is 1.61. The van der Waals surface area contributed by atoms with Crippen LogP contribution in [0.15, 0.2) is 79.0 Å². The summed E-state index contributed by atoms with van der Waals surface area (Å²) in [6, 6.07) is 17.4. The van der Waals surface area contributed by atoms with Crippen LogP contribution in [0, 0.1) is 11.8 Å². The van der Waals surface area contributed by atoms with E-state index in [2.05, 4.69) is 31.2 Å². The van der Waals surface area contributed by atoms with Crippen LogP contribution >= 0.6 is 0 Å². The van der Waals surface area contributed by atoms with Crippen LogP contribution in [0.2, 0.25) is 0 Å². The molecule has 1 saturated heterocycles. The average molecular weight is 520 g/mol. The molecule has 204 valence electrons. The van der Waals surface area contributed by atoms with Crippen LogP contribution in [0.25, 0.3) is 0 Å². The van der Waals surface area contributed by atoms with Gasteiger partial charge in [-0.25, -0.2) is 4.79 Å². The predicted octanol–water partition coefficient (Wildman–Crippen LogP) is 7.66.